The number of primary amides is 1. The summed E-state index contributed by atoms with van der Waals surface area (Å²) in [6.07, 6.45) is 3.54. The highest BCUT2D eigenvalue weighted by Gasteiger charge is 2.45. The average Bonchev–Trinajstić information content (AvgIpc) is 2.84. The number of aromatic nitrogens is 2. The number of hydrogen-bond acceptors (Lipinski definition) is 3. The molecule has 0 radical (unpaired) electrons. The lowest BCUT2D eigenvalue weighted by Crippen LogP contribution is -2.41. The lowest BCUT2D eigenvalue weighted by atomic mass is 9.79. The summed E-state index contributed by atoms with van der Waals surface area (Å²) in [6, 6.07) is 9.90. The van der Waals surface area contributed by atoms with Crippen molar-refractivity contribution in [2.75, 3.05) is 0 Å². The minimum atomic E-state index is -0.752. The lowest BCUT2D eigenvalue weighted by molar-refractivity contribution is -0.0552. The van der Waals surface area contributed by atoms with Gasteiger partial charge in [0, 0.05) is 0 Å². The number of ether oxygens (including phenoxy) is 1. The predicted molar refractivity (Wildman–Crippen MR) is 70.2 cm³/mol. The molecule has 0 atom stereocenters. The van der Waals surface area contributed by atoms with E-state index in [0.29, 0.717) is 5.82 Å². The van der Waals surface area contributed by atoms with E-state index in [1.165, 1.54) is 0 Å². The van der Waals surface area contributed by atoms with Gasteiger partial charge < -0.3 is 15.5 Å². The van der Waals surface area contributed by atoms with Gasteiger partial charge in [0.05, 0.1) is 11.9 Å². The molecular weight excluding hydrogens is 242 g/mol. The first-order valence-electron chi connectivity index (χ1n) is 6.29. The molecule has 98 valence electrons. The Balaban J connectivity index is 1.90. The Hall–Kier alpha value is -2.30. The fourth-order valence-electron chi connectivity index (χ4n) is 2.39. The number of benzene rings is 1. The maximum atomic E-state index is 11.0. The Morgan fingerprint density at radius 2 is 2.05 bits per heavy atom. The van der Waals surface area contributed by atoms with E-state index in [1.807, 2.05) is 30.3 Å². The molecule has 0 unspecified atom stereocenters. The molecule has 19 heavy (non-hydrogen) atoms. The molecule has 3 N–H and O–H groups in total. The molecule has 3 rings (SSSR count). The van der Waals surface area contributed by atoms with E-state index in [4.69, 9.17) is 10.5 Å². The van der Waals surface area contributed by atoms with Gasteiger partial charge in [-0.1, -0.05) is 30.3 Å². The van der Waals surface area contributed by atoms with Gasteiger partial charge in [-0.3, -0.25) is 0 Å². The molecule has 0 aliphatic heterocycles. The monoisotopic (exact) mass is 257 g/mol. The summed E-state index contributed by atoms with van der Waals surface area (Å²) in [5, 5.41) is 0. The molecule has 1 amide bonds. The van der Waals surface area contributed by atoms with Gasteiger partial charge >= 0.3 is 6.09 Å². The van der Waals surface area contributed by atoms with E-state index in [0.717, 1.165) is 30.5 Å². The number of nitrogens with one attached hydrogen (secondary N) is 1. The summed E-state index contributed by atoms with van der Waals surface area (Å²) in [5.74, 6) is 0.677. The standard InChI is InChI=1S/C14H15N3O2/c15-13(18)19-14(7-4-8-14)12-16-9-11(17-12)10-5-2-1-3-6-10/h1-3,5-6,9H,4,7-8H2,(H2,15,18)(H,16,17). The highest BCUT2D eigenvalue weighted by molar-refractivity contribution is 5.65. The van der Waals surface area contributed by atoms with E-state index >= 15 is 0 Å². The van der Waals surface area contributed by atoms with Crippen LogP contribution in [0.15, 0.2) is 36.5 Å². The van der Waals surface area contributed by atoms with Gasteiger partial charge in [0.25, 0.3) is 0 Å². The van der Waals surface area contributed by atoms with Crippen LogP contribution in [-0.2, 0) is 10.3 Å². The summed E-state index contributed by atoms with van der Waals surface area (Å²) in [6.45, 7) is 0. The zero-order valence-corrected chi connectivity index (χ0v) is 10.4. The van der Waals surface area contributed by atoms with Gasteiger partial charge in [-0.15, -0.1) is 0 Å². The smallest absolute Gasteiger partial charge is 0.405 e. The van der Waals surface area contributed by atoms with Crippen LogP contribution in [0.3, 0.4) is 0 Å². The van der Waals surface area contributed by atoms with Crippen molar-refractivity contribution in [3.8, 4) is 11.3 Å². The molecule has 2 aromatic rings. The van der Waals surface area contributed by atoms with E-state index in [1.54, 1.807) is 6.20 Å². The summed E-state index contributed by atoms with van der Waals surface area (Å²) in [7, 11) is 0. The van der Waals surface area contributed by atoms with Gasteiger partial charge in [-0.25, -0.2) is 9.78 Å². The van der Waals surface area contributed by atoms with Crippen molar-refractivity contribution < 1.29 is 9.53 Å². The van der Waals surface area contributed by atoms with Crippen LogP contribution in [0.2, 0.25) is 0 Å². The summed E-state index contributed by atoms with van der Waals surface area (Å²) in [5.41, 5.74) is 6.45. The van der Waals surface area contributed by atoms with Gasteiger partial charge in [0.2, 0.25) is 0 Å². The number of nitrogens with zero attached hydrogens (tertiary/aromatic N) is 1. The van der Waals surface area contributed by atoms with Crippen LogP contribution in [-0.4, -0.2) is 16.1 Å². The van der Waals surface area contributed by atoms with Crippen LogP contribution >= 0.6 is 0 Å². The number of imidazole rings is 1. The Kier molecular flexibility index (Phi) is 2.74. The summed E-state index contributed by atoms with van der Waals surface area (Å²) < 4.78 is 5.25. The van der Waals surface area contributed by atoms with Crippen LogP contribution in [0.5, 0.6) is 0 Å². The van der Waals surface area contributed by atoms with E-state index in [9.17, 15) is 4.79 Å². The first kappa shape index (κ1) is 11.8. The van der Waals surface area contributed by atoms with E-state index in [-0.39, 0.29) is 0 Å². The first-order valence-corrected chi connectivity index (χ1v) is 6.29. The second-order valence-corrected chi connectivity index (χ2v) is 4.78. The molecule has 5 heteroatoms. The van der Waals surface area contributed by atoms with Crippen LogP contribution < -0.4 is 5.73 Å². The van der Waals surface area contributed by atoms with Gasteiger partial charge in [-0.05, 0) is 24.8 Å². The van der Waals surface area contributed by atoms with Gasteiger partial charge in [0.15, 0.2) is 11.4 Å². The quantitative estimate of drug-likeness (QED) is 0.886. The number of carbonyl (C=O) groups is 1. The average molecular weight is 257 g/mol. The highest BCUT2D eigenvalue weighted by atomic mass is 16.6. The van der Waals surface area contributed by atoms with E-state index in [2.05, 4.69) is 9.97 Å². The third-order valence-corrected chi connectivity index (χ3v) is 3.55. The number of nitrogens with two attached hydrogens (primary N) is 1. The number of aromatic amines is 1. The first-order chi connectivity index (χ1) is 9.20. The fourth-order valence-corrected chi connectivity index (χ4v) is 2.39. The van der Waals surface area contributed by atoms with Gasteiger partial charge in [0.1, 0.15) is 0 Å². The predicted octanol–water partition coefficient (Wildman–Crippen LogP) is 2.55. The molecule has 1 aliphatic carbocycles. The van der Waals surface area contributed by atoms with Crippen LogP contribution in [0.25, 0.3) is 11.3 Å². The molecule has 0 saturated heterocycles. The van der Waals surface area contributed by atoms with E-state index < -0.39 is 11.7 Å². The second kappa shape index (κ2) is 4.42. The number of carbonyl (C=O) groups excluding carboxylic acids is 1. The van der Waals surface area contributed by atoms with Crippen molar-refractivity contribution in [1.82, 2.24) is 9.97 Å². The molecule has 1 fully saturated rings. The molecule has 1 aromatic heterocycles. The molecular formula is C14H15N3O2. The lowest BCUT2D eigenvalue weighted by Gasteiger charge is -2.38. The highest BCUT2D eigenvalue weighted by Crippen LogP contribution is 2.43. The maximum Gasteiger partial charge on any atom is 0.405 e. The third-order valence-electron chi connectivity index (χ3n) is 3.55. The summed E-state index contributed by atoms with van der Waals surface area (Å²) in [4.78, 5) is 18.6. The SMILES string of the molecule is NC(=O)OC1(c2ncc(-c3ccccc3)[nH]2)CCC1. The zero-order chi connectivity index (χ0) is 13.3. The minimum Gasteiger partial charge on any atom is -0.435 e. The molecule has 1 heterocycles. The minimum absolute atomic E-state index is 0.654. The summed E-state index contributed by atoms with van der Waals surface area (Å²) >= 11 is 0. The Morgan fingerprint density at radius 1 is 1.32 bits per heavy atom. The molecule has 1 aliphatic rings. The fraction of sp³-hybridized carbons (Fsp3) is 0.286. The molecule has 1 aromatic carbocycles. The Labute approximate surface area is 110 Å². The Bertz CT molecular complexity index is 588. The number of rotatable bonds is 3. The number of H-pyrrole nitrogens is 1. The van der Waals surface area contributed by atoms with Crippen LogP contribution in [0.4, 0.5) is 4.79 Å². The second-order valence-electron chi connectivity index (χ2n) is 4.78. The topological polar surface area (TPSA) is 81.0 Å². The largest absolute Gasteiger partial charge is 0.435 e. The van der Waals surface area contributed by atoms with Crippen molar-refractivity contribution in [2.45, 2.75) is 24.9 Å². The molecule has 5 nitrogen and oxygen atoms in total. The molecule has 0 bridgehead atoms. The third kappa shape index (κ3) is 2.07. The zero-order valence-electron chi connectivity index (χ0n) is 10.4. The normalized spacial score (nSPS) is 16.6. The number of amides is 1. The maximum absolute atomic E-state index is 11.0. The van der Waals surface area contributed by atoms with Crippen molar-refractivity contribution in [2.24, 2.45) is 5.73 Å². The molecule has 1 saturated carbocycles. The van der Waals surface area contributed by atoms with Crippen LogP contribution in [0, 0.1) is 0 Å². The van der Waals surface area contributed by atoms with Gasteiger partial charge in [-0.2, -0.15) is 0 Å². The molecule has 0 spiro atoms. The number of hydrogen-bond donors (Lipinski definition) is 2. The van der Waals surface area contributed by atoms with Crippen LogP contribution in [0.1, 0.15) is 25.1 Å². The van der Waals surface area contributed by atoms with Crippen molar-refractivity contribution in [3.05, 3.63) is 42.4 Å². The van der Waals surface area contributed by atoms with Crippen molar-refractivity contribution in [1.29, 1.82) is 0 Å². The van der Waals surface area contributed by atoms with Crippen molar-refractivity contribution in [3.63, 3.8) is 0 Å². The Morgan fingerprint density at radius 3 is 2.63 bits per heavy atom. The van der Waals surface area contributed by atoms with Crippen molar-refractivity contribution >= 4 is 6.09 Å².